The van der Waals surface area contributed by atoms with Crippen molar-refractivity contribution >= 4 is 27.4 Å². The minimum absolute atomic E-state index is 0.165. The van der Waals surface area contributed by atoms with E-state index < -0.39 is 0 Å². The summed E-state index contributed by atoms with van der Waals surface area (Å²) in [7, 11) is 0. The van der Waals surface area contributed by atoms with E-state index in [-0.39, 0.29) is 19.3 Å². The molecular formula is C22H28N4O2S. The minimum atomic E-state index is 0.165. The number of hydrogen-bond donors (Lipinski definition) is 3. The van der Waals surface area contributed by atoms with Gasteiger partial charge in [-0.2, -0.15) is 0 Å². The van der Waals surface area contributed by atoms with Crippen molar-refractivity contribution in [2.45, 2.75) is 25.3 Å². The van der Waals surface area contributed by atoms with Gasteiger partial charge in [0.05, 0.1) is 12.0 Å². The standard InChI is InChI=1S/C22H28N4O2S/c27-10-7-18-12-16(13-23-8-11-28)6-9-26(18)21-20-19(17-4-2-1-3-5-17)14-29-22(20)25-15-24-21/h1-5,14-16,18,23,27-28H,6-13H2. The predicted molar refractivity (Wildman–Crippen MR) is 118 cm³/mol. The van der Waals surface area contributed by atoms with Gasteiger partial charge in [-0.1, -0.05) is 30.3 Å². The number of benzene rings is 1. The lowest BCUT2D eigenvalue weighted by Crippen LogP contribution is -2.46. The molecule has 1 fully saturated rings. The number of piperidine rings is 1. The first-order chi connectivity index (χ1) is 14.3. The Morgan fingerprint density at radius 3 is 2.79 bits per heavy atom. The van der Waals surface area contributed by atoms with Gasteiger partial charge in [0, 0.05) is 36.7 Å². The smallest absolute Gasteiger partial charge is 0.141 e. The lowest BCUT2D eigenvalue weighted by atomic mass is 9.89. The van der Waals surface area contributed by atoms with E-state index in [1.54, 1.807) is 17.7 Å². The maximum Gasteiger partial charge on any atom is 0.141 e. The van der Waals surface area contributed by atoms with Crippen LogP contribution in [0.2, 0.25) is 0 Å². The van der Waals surface area contributed by atoms with Crippen LogP contribution < -0.4 is 10.2 Å². The third-order valence-electron chi connectivity index (χ3n) is 5.72. The van der Waals surface area contributed by atoms with Crippen LogP contribution in [0.1, 0.15) is 19.3 Å². The van der Waals surface area contributed by atoms with Crippen LogP contribution in [0.4, 0.5) is 5.82 Å². The molecule has 2 unspecified atom stereocenters. The van der Waals surface area contributed by atoms with E-state index >= 15 is 0 Å². The van der Waals surface area contributed by atoms with Gasteiger partial charge >= 0.3 is 0 Å². The van der Waals surface area contributed by atoms with E-state index in [1.807, 2.05) is 6.07 Å². The number of fused-ring (bicyclic) bond motifs is 1. The summed E-state index contributed by atoms with van der Waals surface area (Å²) in [6.45, 7) is 2.78. The molecule has 2 atom stereocenters. The van der Waals surface area contributed by atoms with E-state index in [0.29, 0.717) is 12.5 Å². The van der Waals surface area contributed by atoms with Crippen LogP contribution in [0.5, 0.6) is 0 Å². The van der Waals surface area contributed by atoms with Gasteiger partial charge in [-0.25, -0.2) is 9.97 Å². The summed E-state index contributed by atoms with van der Waals surface area (Å²) in [5, 5.41) is 25.3. The Hall–Kier alpha value is -2.06. The van der Waals surface area contributed by atoms with Gasteiger partial charge in [0.25, 0.3) is 0 Å². The zero-order valence-electron chi connectivity index (χ0n) is 16.5. The Morgan fingerprint density at radius 1 is 1.14 bits per heavy atom. The molecule has 1 saturated heterocycles. The molecule has 6 nitrogen and oxygen atoms in total. The van der Waals surface area contributed by atoms with Crippen molar-refractivity contribution in [1.82, 2.24) is 15.3 Å². The molecule has 0 spiro atoms. The second-order valence-corrected chi connectivity index (χ2v) is 8.43. The molecule has 0 saturated carbocycles. The van der Waals surface area contributed by atoms with Crippen molar-refractivity contribution in [2.75, 3.05) is 37.7 Å². The lowest BCUT2D eigenvalue weighted by molar-refractivity contribution is 0.238. The molecule has 7 heteroatoms. The first-order valence-electron chi connectivity index (χ1n) is 10.3. The molecule has 1 aliphatic rings. The molecule has 0 bridgehead atoms. The normalized spacial score (nSPS) is 19.7. The molecule has 1 aliphatic heterocycles. The molecule has 3 N–H and O–H groups in total. The number of aliphatic hydroxyl groups is 2. The van der Waals surface area contributed by atoms with Crippen LogP contribution in [0.3, 0.4) is 0 Å². The highest BCUT2D eigenvalue weighted by Crippen LogP contribution is 2.40. The number of nitrogens with one attached hydrogen (secondary N) is 1. The molecule has 2 aromatic heterocycles. The Balaban J connectivity index is 1.65. The van der Waals surface area contributed by atoms with Crippen LogP contribution in [0, 0.1) is 5.92 Å². The summed E-state index contributed by atoms with van der Waals surface area (Å²) in [5.74, 6) is 1.53. The second kappa shape index (κ2) is 9.63. The average Bonchev–Trinajstić information content (AvgIpc) is 3.20. The average molecular weight is 413 g/mol. The Labute approximate surface area is 175 Å². The minimum Gasteiger partial charge on any atom is -0.396 e. The maximum atomic E-state index is 9.68. The second-order valence-electron chi connectivity index (χ2n) is 7.57. The third kappa shape index (κ3) is 4.43. The predicted octanol–water partition coefficient (Wildman–Crippen LogP) is 2.91. The summed E-state index contributed by atoms with van der Waals surface area (Å²) in [6, 6.07) is 10.6. The molecule has 3 heterocycles. The zero-order chi connectivity index (χ0) is 20.1. The zero-order valence-corrected chi connectivity index (χ0v) is 17.3. The molecule has 0 aliphatic carbocycles. The summed E-state index contributed by atoms with van der Waals surface area (Å²) in [6.07, 6.45) is 4.46. The van der Waals surface area contributed by atoms with Crippen LogP contribution in [0.15, 0.2) is 42.0 Å². The fourth-order valence-electron chi connectivity index (χ4n) is 4.31. The largest absolute Gasteiger partial charge is 0.396 e. The van der Waals surface area contributed by atoms with Gasteiger partial charge in [0.15, 0.2) is 0 Å². The molecular weight excluding hydrogens is 384 g/mol. The number of aromatic nitrogens is 2. The van der Waals surface area contributed by atoms with E-state index in [2.05, 4.69) is 44.8 Å². The maximum absolute atomic E-state index is 9.68. The van der Waals surface area contributed by atoms with Gasteiger partial charge in [-0.3, -0.25) is 0 Å². The molecule has 4 rings (SSSR count). The Morgan fingerprint density at radius 2 is 2.00 bits per heavy atom. The third-order valence-corrected chi connectivity index (χ3v) is 6.60. The van der Waals surface area contributed by atoms with E-state index in [9.17, 15) is 5.11 Å². The van der Waals surface area contributed by atoms with Gasteiger partial charge in [-0.05, 0) is 37.3 Å². The summed E-state index contributed by atoms with van der Waals surface area (Å²) in [4.78, 5) is 12.6. The van der Waals surface area contributed by atoms with Crippen LogP contribution >= 0.6 is 11.3 Å². The number of aliphatic hydroxyl groups excluding tert-OH is 2. The molecule has 3 aromatic rings. The molecule has 154 valence electrons. The number of nitrogens with zero attached hydrogens (tertiary/aromatic N) is 3. The van der Waals surface area contributed by atoms with Crippen molar-refractivity contribution < 1.29 is 10.2 Å². The van der Waals surface area contributed by atoms with Gasteiger partial charge in [0.1, 0.15) is 17.0 Å². The number of rotatable bonds is 8. The van der Waals surface area contributed by atoms with Crippen molar-refractivity contribution in [2.24, 2.45) is 5.92 Å². The lowest BCUT2D eigenvalue weighted by Gasteiger charge is -2.40. The van der Waals surface area contributed by atoms with Crippen molar-refractivity contribution in [3.8, 4) is 11.1 Å². The first-order valence-corrected chi connectivity index (χ1v) is 11.2. The van der Waals surface area contributed by atoms with Gasteiger partial charge in [-0.15, -0.1) is 11.3 Å². The van der Waals surface area contributed by atoms with Crippen molar-refractivity contribution in [3.63, 3.8) is 0 Å². The van der Waals surface area contributed by atoms with E-state index in [1.165, 1.54) is 11.1 Å². The first kappa shape index (κ1) is 20.2. The summed E-state index contributed by atoms with van der Waals surface area (Å²) in [5.41, 5.74) is 2.35. The highest BCUT2D eigenvalue weighted by atomic mass is 32.1. The monoisotopic (exact) mass is 412 g/mol. The fraction of sp³-hybridized carbons (Fsp3) is 0.455. The summed E-state index contributed by atoms with van der Waals surface area (Å²) < 4.78 is 0. The highest BCUT2D eigenvalue weighted by molar-refractivity contribution is 7.17. The SMILES string of the molecule is OCCNCC1CCN(c2ncnc3scc(-c4ccccc4)c23)C(CCO)C1. The molecule has 1 aromatic carbocycles. The quantitative estimate of drug-likeness (QED) is 0.494. The molecule has 29 heavy (non-hydrogen) atoms. The number of anilines is 1. The van der Waals surface area contributed by atoms with Crippen molar-refractivity contribution in [1.29, 1.82) is 0 Å². The highest BCUT2D eigenvalue weighted by Gasteiger charge is 2.30. The summed E-state index contributed by atoms with van der Waals surface area (Å²) >= 11 is 1.65. The Bertz CT molecular complexity index is 918. The Kier molecular flexibility index (Phi) is 6.71. The molecule has 0 radical (unpaired) electrons. The van der Waals surface area contributed by atoms with Crippen molar-refractivity contribution in [3.05, 3.63) is 42.0 Å². The number of hydrogen-bond acceptors (Lipinski definition) is 7. The van der Waals surface area contributed by atoms with Gasteiger partial charge in [0.2, 0.25) is 0 Å². The number of thiophene rings is 1. The van der Waals surface area contributed by atoms with Crippen LogP contribution in [-0.2, 0) is 0 Å². The molecule has 0 amide bonds. The van der Waals surface area contributed by atoms with Gasteiger partial charge < -0.3 is 20.4 Å². The van der Waals surface area contributed by atoms with Crippen LogP contribution in [-0.4, -0.2) is 59.1 Å². The topological polar surface area (TPSA) is 81.5 Å². The van der Waals surface area contributed by atoms with Crippen LogP contribution in [0.25, 0.3) is 21.3 Å². The van der Waals surface area contributed by atoms with E-state index in [4.69, 9.17) is 10.1 Å². The van der Waals surface area contributed by atoms with E-state index in [0.717, 1.165) is 48.4 Å². The fourth-order valence-corrected chi connectivity index (χ4v) is 5.22.